The Bertz CT molecular complexity index is 297. The van der Waals surface area contributed by atoms with Gasteiger partial charge in [-0.05, 0) is 31.4 Å². The molecule has 2 unspecified atom stereocenters. The lowest BCUT2D eigenvalue weighted by atomic mass is 9.88. The van der Waals surface area contributed by atoms with Crippen LogP contribution in [0.25, 0.3) is 0 Å². The predicted octanol–water partition coefficient (Wildman–Crippen LogP) is 2.23. The minimum Gasteiger partial charge on any atom is -0.472 e. The number of rotatable bonds is 4. The summed E-state index contributed by atoms with van der Waals surface area (Å²) in [5, 5.41) is 0. The van der Waals surface area contributed by atoms with Gasteiger partial charge in [-0.1, -0.05) is 13.3 Å². The van der Waals surface area contributed by atoms with E-state index in [9.17, 15) is 0 Å². The molecule has 0 spiro atoms. The second kappa shape index (κ2) is 5.51. The zero-order chi connectivity index (χ0) is 11.4. The molecule has 0 aliphatic carbocycles. The molecule has 16 heavy (non-hydrogen) atoms. The number of nitrogens with zero attached hydrogens (tertiary/aromatic N) is 1. The summed E-state index contributed by atoms with van der Waals surface area (Å²) in [5.74, 6) is 0.870. The van der Waals surface area contributed by atoms with Crippen molar-refractivity contribution in [1.29, 1.82) is 0 Å². The Kier molecular flexibility index (Phi) is 4.02. The Balaban J connectivity index is 1.93. The van der Waals surface area contributed by atoms with E-state index in [1.807, 2.05) is 12.3 Å². The van der Waals surface area contributed by atoms with E-state index in [1.54, 1.807) is 6.26 Å². The summed E-state index contributed by atoms with van der Waals surface area (Å²) in [7, 11) is 0. The number of piperidine rings is 1. The first-order valence-corrected chi connectivity index (χ1v) is 6.28. The molecule has 0 amide bonds. The lowest BCUT2D eigenvalue weighted by Crippen LogP contribution is -2.45. The maximum atomic E-state index is 5.87. The highest BCUT2D eigenvalue weighted by atomic mass is 16.3. The lowest BCUT2D eigenvalue weighted by Gasteiger charge is -2.38. The Morgan fingerprint density at radius 3 is 3.06 bits per heavy atom. The van der Waals surface area contributed by atoms with Gasteiger partial charge >= 0.3 is 0 Å². The normalized spacial score (nSPS) is 27.1. The molecule has 90 valence electrons. The number of hydrogen-bond donors (Lipinski definition) is 1. The zero-order valence-corrected chi connectivity index (χ0v) is 10.1. The van der Waals surface area contributed by atoms with Crippen molar-refractivity contribution in [1.82, 2.24) is 4.90 Å². The van der Waals surface area contributed by atoms with Crippen molar-refractivity contribution in [2.24, 2.45) is 11.7 Å². The molecule has 2 heterocycles. The van der Waals surface area contributed by atoms with Gasteiger partial charge in [0.2, 0.25) is 0 Å². The first kappa shape index (κ1) is 11.7. The number of hydrogen-bond acceptors (Lipinski definition) is 3. The van der Waals surface area contributed by atoms with Crippen molar-refractivity contribution in [3.63, 3.8) is 0 Å². The van der Waals surface area contributed by atoms with Crippen molar-refractivity contribution in [2.75, 3.05) is 13.1 Å². The summed E-state index contributed by atoms with van der Waals surface area (Å²) in [6.45, 7) is 5.21. The van der Waals surface area contributed by atoms with Crippen LogP contribution in [0.15, 0.2) is 23.0 Å². The fourth-order valence-electron chi connectivity index (χ4n) is 2.62. The number of nitrogens with two attached hydrogens (primary N) is 1. The molecule has 0 radical (unpaired) electrons. The highest BCUT2D eigenvalue weighted by molar-refractivity contribution is 5.05. The molecule has 1 fully saturated rings. The van der Waals surface area contributed by atoms with Crippen LogP contribution >= 0.6 is 0 Å². The maximum absolute atomic E-state index is 5.87. The van der Waals surface area contributed by atoms with E-state index in [-0.39, 0.29) is 0 Å². The molecule has 1 aromatic heterocycles. The second-order valence-electron chi connectivity index (χ2n) is 4.79. The Morgan fingerprint density at radius 2 is 2.44 bits per heavy atom. The third-order valence-electron chi connectivity index (χ3n) is 3.76. The van der Waals surface area contributed by atoms with Crippen LogP contribution in [0.2, 0.25) is 0 Å². The topological polar surface area (TPSA) is 42.4 Å². The molecule has 1 saturated heterocycles. The van der Waals surface area contributed by atoms with Gasteiger partial charge in [-0.25, -0.2) is 0 Å². The average molecular weight is 222 g/mol. The van der Waals surface area contributed by atoms with Crippen LogP contribution in [0.5, 0.6) is 0 Å². The standard InChI is InChI=1S/C13H22N2O/c1-2-11-3-5-15(13(7-11)8-14)9-12-4-6-16-10-12/h4,6,10-11,13H,2-3,5,7-9,14H2,1H3. The van der Waals surface area contributed by atoms with Crippen LogP contribution in [0.1, 0.15) is 31.7 Å². The maximum Gasteiger partial charge on any atom is 0.0947 e. The lowest BCUT2D eigenvalue weighted by molar-refractivity contribution is 0.107. The molecule has 0 aromatic carbocycles. The minimum atomic E-state index is 0.550. The molecule has 1 aliphatic rings. The van der Waals surface area contributed by atoms with Gasteiger partial charge in [0.15, 0.2) is 0 Å². The van der Waals surface area contributed by atoms with Gasteiger partial charge in [0.25, 0.3) is 0 Å². The average Bonchev–Trinajstić information content (AvgIpc) is 2.82. The highest BCUT2D eigenvalue weighted by Gasteiger charge is 2.26. The first-order valence-electron chi connectivity index (χ1n) is 6.28. The summed E-state index contributed by atoms with van der Waals surface area (Å²) in [6, 6.07) is 2.59. The number of furan rings is 1. The summed E-state index contributed by atoms with van der Waals surface area (Å²) in [6.07, 6.45) is 7.43. The SMILES string of the molecule is CCC1CCN(Cc2ccoc2)C(CN)C1. The zero-order valence-electron chi connectivity index (χ0n) is 10.1. The Labute approximate surface area is 97.6 Å². The summed E-state index contributed by atoms with van der Waals surface area (Å²) >= 11 is 0. The summed E-state index contributed by atoms with van der Waals surface area (Å²) in [5.41, 5.74) is 7.13. The van der Waals surface area contributed by atoms with E-state index >= 15 is 0 Å². The molecule has 1 aromatic rings. The monoisotopic (exact) mass is 222 g/mol. The quantitative estimate of drug-likeness (QED) is 0.849. The van der Waals surface area contributed by atoms with E-state index in [0.717, 1.165) is 19.0 Å². The fourth-order valence-corrected chi connectivity index (χ4v) is 2.62. The second-order valence-corrected chi connectivity index (χ2v) is 4.79. The Morgan fingerprint density at radius 1 is 1.56 bits per heavy atom. The van der Waals surface area contributed by atoms with Crippen molar-refractivity contribution in [3.05, 3.63) is 24.2 Å². The van der Waals surface area contributed by atoms with Crippen molar-refractivity contribution < 1.29 is 4.42 Å². The van der Waals surface area contributed by atoms with E-state index in [2.05, 4.69) is 11.8 Å². The number of likely N-dealkylation sites (tertiary alicyclic amines) is 1. The van der Waals surface area contributed by atoms with Gasteiger partial charge in [-0.3, -0.25) is 4.90 Å². The molecule has 1 aliphatic heterocycles. The minimum absolute atomic E-state index is 0.550. The van der Waals surface area contributed by atoms with E-state index in [1.165, 1.54) is 31.4 Å². The van der Waals surface area contributed by atoms with E-state index in [0.29, 0.717) is 6.04 Å². The molecule has 2 N–H and O–H groups in total. The van der Waals surface area contributed by atoms with Gasteiger partial charge in [-0.15, -0.1) is 0 Å². The summed E-state index contributed by atoms with van der Waals surface area (Å²) < 4.78 is 5.11. The molecule has 2 rings (SSSR count). The molecule has 3 nitrogen and oxygen atoms in total. The highest BCUT2D eigenvalue weighted by Crippen LogP contribution is 2.26. The van der Waals surface area contributed by atoms with Gasteiger partial charge in [0.05, 0.1) is 12.5 Å². The first-order chi connectivity index (χ1) is 7.83. The van der Waals surface area contributed by atoms with Crippen LogP contribution < -0.4 is 5.73 Å². The van der Waals surface area contributed by atoms with Crippen LogP contribution in [0, 0.1) is 5.92 Å². The smallest absolute Gasteiger partial charge is 0.0947 e. The molecule has 2 atom stereocenters. The molecular weight excluding hydrogens is 200 g/mol. The van der Waals surface area contributed by atoms with E-state index < -0.39 is 0 Å². The van der Waals surface area contributed by atoms with Crippen molar-refractivity contribution in [2.45, 2.75) is 38.8 Å². The third kappa shape index (κ3) is 2.66. The van der Waals surface area contributed by atoms with Gasteiger partial charge < -0.3 is 10.2 Å². The van der Waals surface area contributed by atoms with Gasteiger partial charge in [0.1, 0.15) is 0 Å². The van der Waals surface area contributed by atoms with Crippen LogP contribution in [-0.4, -0.2) is 24.0 Å². The third-order valence-corrected chi connectivity index (χ3v) is 3.76. The summed E-state index contributed by atoms with van der Waals surface area (Å²) in [4.78, 5) is 2.50. The molecular formula is C13H22N2O. The van der Waals surface area contributed by atoms with Gasteiger partial charge in [-0.2, -0.15) is 0 Å². The van der Waals surface area contributed by atoms with Crippen LogP contribution in [-0.2, 0) is 6.54 Å². The Hall–Kier alpha value is -0.800. The van der Waals surface area contributed by atoms with Crippen LogP contribution in [0.3, 0.4) is 0 Å². The molecule has 0 bridgehead atoms. The van der Waals surface area contributed by atoms with E-state index in [4.69, 9.17) is 10.2 Å². The van der Waals surface area contributed by atoms with Crippen molar-refractivity contribution in [3.8, 4) is 0 Å². The predicted molar refractivity (Wildman–Crippen MR) is 65.0 cm³/mol. The van der Waals surface area contributed by atoms with Crippen LogP contribution in [0.4, 0.5) is 0 Å². The van der Waals surface area contributed by atoms with Crippen molar-refractivity contribution >= 4 is 0 Å². The molecule has 3 heteroatoms. The molecule has 0 saturated carbocycles. The van der Waals surface area contributed by atoms with Gasteiger partial charge in [0, 0.05) is 24.7 Å². The fraction of sp³-hybridized carbons (Fsp3) is 0.692. The largest absolute Gasteiger partial charge is 0.472 e.